The fraction of sp³-hybridized carbons (Fsp3) is 0.611. The predicted octanol–water partition coefficient (Wildman–Crippen LogP) is 5.04. The summed E-state index contributed by atoms with van der Waals surface area (Å²) in [5.74, 6) is 0. The van der Waals surface area contributed by atoms with Crippen molar-refractivity contribution in [2.24, 2.45) is 5.41 Å². The molecule has 120 valence electrons. The largest absolute Gasteiger partial charge is 0.508 e. The van der Waals surface area contributed by atoms with Crippen LogP contribution < -0.4 is 0 Å². The van der Waals surface area contributed by atoms with Gasteiger partial charge in [0.1, 0.15) is 12.7 Å². The van der Waals surface area contributed by atoms with E-state index in [4.69, 9.17) is 9.47 Å². The lowest BCUT2D eigenvalue weighted by Crippen LogP contribution is -2.56. The number of cyclic esters (lactones) is 2. The van der Waals surface area contributed by atoms with E-state index in [0.717, 1.165) is 12.8 Å². The fourth-order valence-electron chi connectivity index (χ4n) is 3.72. The van der Waals surface area contributed by atoms with Crippen LogP contribution in [-0.4, -0.2) is 23.6 Å². The van der Waals surface area contributed by atoms with Gasteiger partial charge in [-0.15, -0.1) is 11.8 Å². The first-order valence-corrected chi connectivity index (χ1v) is 8.91. The number of benzene rings is 1. The zero-order valence-electron chi connectivity index (χ0n) is 13.3. The van der Waals surface area contributed by atoms with Crippen molar-refractivity contribution in [2.75, 3.05) is 6.61 Å². The van der Waals surface area contributed by atoms with Gasteiger partial charge in [0.15, 0.2) is 0 Å². The average molecular weight is 320 g/mol. The molecule has 1 aliphatic carbocycles. The van der Waals surface area contributed by atoms with Crippen LogP contribution in [-0.2, 0) is 9.47 Å². The number of thioether (sulfide) groups is 1. The van der Waals surface area contributed by atoms with Crippen molar-refractivity contribution in [3.63, 3.8) is 0 Å². The van der Waals surface area contributed by atoms with Crippen LogP contribution in [0.3, 0.4) is 0 Å². The Balaban J connectivity index is 1.92. The second-order valence-corrected chi connectivity index (χ2v) is 8.55. The van der Waals surface area contributed by atoms with Crippen molar-refractivity contribution in [1.82, 2.24) is 0 Å². The van der Waals surface area contributed by atoms with E-state index in [-0.39, 0.29) is 16.3 Å². The summed E-state index contributed by atoms with van der Waals surface area (Å²) < 4.78 is 10.8. The van der Waals surface area contributed by atoms with Crippen molar-refractivity contribution in [3.05, 3.63) is 30.3 Å². The van der Waals surface area contributed by atoms with Gasteiger partial charge in [-0.2, -0.15) is 0 Å². The molecule has 1 atom stereocenters. The van der Waals surface area contributed by atoms with Crippen molar-refractivity contribution in [2.45, 2.75) is 61.7 Å². The van der Waals surface area contributed by atoms with Crippen LogP contribution in [0.4, 0.5) is 4.79 Å². The first-order chi connectivity index (χ1) is 10.5. The number of ether oxygens (including phenoxy) is 2. The normalized spacial score (nSPS) is 26.8. The maximum Gasteiger partial charge on any atom is 0.508 e. The molecule has 1 aromatic rings. The molecule has 1 unspecified atom stereocenters. The molecule has 1 saturated carbocycles. The molecule has 3 nitrogen and oxygen atoms in total. The molecule has 0 bridgehead atoms. The zero-order valence-corrected chi connectivity index (χ0v) is 14.2. The number of hydrogen-bond donors (Lipinski definition) is 0. The van der Waals surface area contributed by atoms with E-state index < -0.39 is 6.16 Å². The summed E-state index contributed by atoms with van der Waals surface area (Å²) in [6, 6.07) is 10.5. The van der Waals surface area contributed by atoms with E-state index in [1.54, 1.807) is 0 Å². The molecule has 1 aromatic carbocycles. The van der Waals surface area contributed by atoms with Crippen LogP contribution in [0.15, 0.2) is 35.2 Å². The van der Waals surface area contributed by atoms with Crippen LogP contribution >= 0.6 is 11.8 Å². The Morgan fingerprint density at radius 3 is 2.45 bits per heavy atom. The Bertz CT molecular complexity index is 520. The van der Waals surface area contributed by atoms with E-state index in [9.17, 15) is 4.79 Å². The zero-order chi connectivity index (χ0) is 15.6. The lowest BCUT2D eigenvalue weighted by molar-refractivity contribution is -0.113. The fourth-order valence-corrected chi connectivity index (χ4v) is 5.45. The molecule has 0 spiro atoms. The Kier molecular flexibility index (Phi) is 4.40. The molecular weight excluding hydrogens is 296 g/mol. The average Bonchev–Trinajstić information content (AvgIpc) is 2.52. The lowest BCUT2D eigenvalue weighted by Gasteiger charge is -2.50. The number of carbonyl (C=O) groups is 1. The SMILES string of the molecule is CC1(C)COC(=O)OC1C1(Sc2ccccc2)CCCCC1. The third-order valence-corrected chi connectivity index (χ3v) is 6.26. The van der Waals surface area contributed by atoms with Gasteiger partial charge in [0.05, 0.1) is 4.75 Å². The van der Waals surface area contributed by atoms with Gasteiger partial charge in [0.25, 0.3) is 0 Å². The van der Waals surface area contributed by atoms with E-state index in [2.05, 4.69) is 38.1 Å². The van der Waals surface area contributed by atoms with Gasteiger partial charge in [0, 0.05) is 10.3 Å². The van der Waals surface area contributed by atoms with Crippen molar-refractivity contribution in [1.29, 1.82) is 0 Å². The van der Waals surface area contributed by atoms with Gasteiger partial charge in [-0.05, 0) is 25.0 Å². The standard InChI is InChI=1S/C18H24O3S/c1-17(2)13-20-16(19)21-15(17)18(11-7-4-8-12-18)22-14-9-5-3-6-10-14/h3,5-6,9-10,15H,4,7-8,11-13H2,1-2H3. The Hall–Kier alpha value is -1.16. The van der Waals surface area contributed by atoms with Crippen LogP contribution in [0, 0.1) is 5.41 Å². The number of carbonyl (C=O) groups excluding carboxylic acids is 1. The summed E-state index contributed by atoms with van der Waals surface area (Å²) in [6.07, 6.45) is 5.24. The molecule has 1 heterocycles. The van der Waals surface area contributed by atoms with Crippen molar-refractivity contribution >= 4 is 17.9 Å². The highest BCUT2D eigenvalue weighted by molar-refractivity contribution is 8.00. The van der Waals surface area contributed by atoms with Gasteiger partial charge in [-0.25, -0.2) is 4.79 Å². The minimum Gasteiger partial charge on any atom is -0.434 e. The molecule has 1 aliphatic heterocycles. The molecular formula is C18H24O3S. The van der Waals surface area contributed by atoms with E-state index in [0.29, 0.717) is 6.61 Å². The summed E-state index contributed by atoms with van der Waals surface area (Å²) in [5, 5.41) is 0. The van der Waals surface area contributed by atoms with Crippen LogP contribution in [0.25, 0.3) is 0 Å². The Morgan fingerprint density at radius 2 is 1.77 bits per heavy atom. The van der Waals surface area contributed by atoms with E-state index in [1.165, 1.54) is 24.2 Å². The second-order valence-electron chi connectivity index (χ2n) is 7.07. The van der Waals surface area contributed by atoms with Crippen LogP contribution in [0.5, 0.6) is 0 Å². The Morgan fingerprint density at radius 1 is 1.09 bits per heavy atom. The maximum absolute atomic E-state index is 11.7. The highest BCUT2D eigenvalue weighted by Gasteiger charge is 2.53. The van der Waals surface area contributed by atoms with Crippen molar-refractivity contribution < 1.29 is 14.3 Å². The van der Waals surface area contributed by atoms with Gasteiger partial charge in [-0.3, -0.25) is 0 Å². The molecule has 1 saturated heterocycles. The molecule has 4 heteroatoms. The van der Waals surface area contributed by atoms with Gasteiger partial charge in [-0.1, -0.05) is 51.3 Å². The minimum absolute atomic E-state index is 0.0391. The molecule has 0 amide bonds. The van der Waals surface area contributed by atoms with Gasteiger partial charge >= 0.3 is 6.16 Å². The molecule has 22 heavy (non-hydrogen) atoms. The molecule has 2 aliphatic rings. The molecule has 2 fully saturated rings. The van der Waals surface area contributed by atoms with E-state index in [1.807, 2.05) is 17.8 Å². The molecule has 0 aromatic heterocycles. The second kappa shape index (κ2) is 6.15. The molecule has 0 N–H and O–H groups in total. The summed E-state index contributed by atoms with van der Waals surface area (Å²) in [5.41, 5.74) is -0.160. The highest BCUT2D eigenvalue weighted by Crippen LogP contribution is 2.52. The summed E-state index contributed by atoms with van der Waals surface area (Å²) in [4.78, 5) is 13.0. The maximum atomic E-state index is 11.7. The molecule has 0 radical (unpaired) electrons. The highest BCUT2D eigenvalue weighted by atomic mass is 32.2. The van der Waals surface area contributed by atoms with E-state index >= 15 is 0 Å². The first-order valence-electron chi connectivity index (χ1n) is 8.09. The first kappa shape index (κ1) is 15.7. The topological polar surface area (TPSA) is 35.5 Å². The van der Waals surface area contributed by atoms with Gasteiger partial charge < -0.3 is 9.47 Å². The Labute approximate surface area is 136 Å². The quantitative estimate of drug-likeness (QED) is 0.731. The van der Waals surface area contributed by atoms with Crippen LogP contribution in [0.2, 0.25) is 0 Å². The number of hydrogen-bond acceptors (Lipinski definition) is 4. The smallest absolute Gasteiger partial charge is 0.434 e. The van der Waals surface area contributed by atoms with Crippen molar-refractivity contribution in [3.8, 4) is 0 Å². The summed E-state index contributed by atoms with van der Waals surface area (Å²) >= 11 is 1.89. The number of rotatable bonds is 3. The monoisotopic (exact) mass is 320 g/mol. The van der Waals surface area contributed by atoms with Gasteiger partial charge in [0.2, 0.25) is 0 Å². The minimum atomic E-state index is -0.511. The summed E-state index contributed by atoms with van der Waals surface area (Å²) in [7, 11) is 0. The summed E-state index contributed by atoms with van der Waals surface area (Å²) in [6.45, 7) is 4.73. The van der Waals surface area contributed by atoms with Crippen LogP contribution in [0.1, 0.15) is 46.0 Å². The third-order valence-electron chi connectivity index (χ3n) is 4.73. The third kappa shape index (κ3) is 3.12. The predicted molar refractivity (Wildman–Crippen MR) is 88.1 cm³/mol. The lowest BCUT2D eigenvalue weighted by atomic mass is 9.73. The molecule has 3 rings (SSSR count).